The van der Waals surface area contributed by atoms with E-state index < -0.39 is 33.6 Å². The van der Waals surface area contributed by atoms with Crippen molar-refractivity contribution in [1.29, 1.82) is 0 Å². The lowest BCUT2D eigenvalue weighted by molar-refractivity contribution is -0.122. The van der Waals surface area contributed by atoms with Gasteiger partial charge in [-0.05, 0) is 42.2 Å². The SMILES string of the molecule is CCCS(=O)(=O)N[C@@H](Cc1ccc(F)c(F)c1)C(=O)NCc1ccc(N)nc1. The number of carbonyl (C=O) groups is 1. The zero-order chi connectivity index (χ0) is 20.7. The number of nitrogens with zero attached hydrogens (tertiary/aromatic N) is 1. The maximum atomic E-state index is 13.5. The van der Waals surface area contributed by atoms with Gasteiger partial charge < -0.3 is 11.1 Å². The Morgan fingerprint density at radius 1 is 1.18 bits per heavy atom. The highest BCUT2D eigenvalue weighted by Crippen LogP contribution is 2.12. The minimum Gasteiger partial charge on any atom is -0.384 e. The molecule has 2 rings (SSSR count). The predicted molar refractivity (Wildman–Crippen MR) is 102 cm³/mol. The number of nitrogens with one attached hydrogen (secondary N) is 2. The molecule has 0 saturated carbocycles. The number of aromatic nitrogens is 1. The number of benzene rings is 1. The molecule has 0 aliphatic carbocycles. The number of amides is 1. The fourth-order valence-electron chi connectivity index (χ4n) is 2.49. The van der Waals surface area contributed by atoms with Crippen LogP contribution in [0.15, 0.2) is 36.5 Å². The molecular weight excluding hydrogens is 390 g/mol. The summed E-state index contributed by atoms with van der Waals surface area (Å²) in [6.07, 6.45) is 1.72. The molecule has 10 heteroatoms. The van der Waals surface area contributed by atoms with Gasteiger partial charge in [0.1, 0.15) is 11.9 Å². The predicted octanol–water partition coefficient (Wildman–Crippen LogP) is 1.50. The summed E-state index contributed by atoms with van der Waals surface area (Å²) in [5.74, 6) is -2.51. The van der Waals surface area contributed by atoms with Crippen LogP contribution in [0.25, 0.3) is 0 Å². The topological polar surface area (TPSA) is 114 Å². The number of hydrogen-bond donors (Lipinski definition) is 3. The second-order valence-corrected chi connectivity index (χ2v) is 8.12. The smallest absolute Gasteiger partial charge is 0.238 e. The molecule has 0 bridgehead atoms. The number of halogens is 2. The molecule has 152 valence electrons. The average molecular weight is 412 g/mol. The Hall–Kier alpha value is -2.59. The first-order chi connectivity index (χ1) is 13.2. The third kappa shape index (κ3) is 6.54. The zero-order valence-electron chi connectivity index (χ0n) is 15.3. The molecule has 0 radical (unpaired) electrons. The molecule has 0 fully saturated rings. The number of carbonyl (C=O) groups excluding carboxylic acids is 1. The molecule has 0 aliphatic rings. The van der Waals surface area contributed by atoms with Gasteiger partial charge in [0.25, 0.3) is 0 Å². The Labute approximate surface area is 162 Å². The molecule has 0 spiro atoms. The fraction of sp³-hybridized carbons (Fsp3) is 0.333. The average Bonchev–Trinajstić information content (AvgIpc) is 2.63. The van der Waals surface area contributed by atoms with E-state index in [-0.39, 0.29) is 24.3 Å². The van der Waals surface area contributed by atoms with Crippen molar-refractivity contribution in [2.24, 2.45) is 0 Å². The summed E-state index contributed by atoms with van der Waals surface area (Å²) in [5.41, 5.74) is 6.46. The van der Waals surface area contributed by atoms with Gasteiger partial charge in [0.2, 0.25) is 15.9 Å². The van der Waals surface area contributed by atoms with Crippen LogP contribution in [0.4, 0.5) is 14.6 Å². The number of hydrogen-bond acceptors (Lipinski definition) is 5. The number of sulfonamides is 1. The quantitative estimate of drug-likeness (QED) is 0.578. The highest BCUT2D eigenvalue weighted by Gasteiger charge is 2.24. The summed E-state index contributed by atoms with van der Waals surface area (Å²) in [7, 11) is -3.71. The maximum absolute atomic E-state index is 13.5. The molecule has 1 atom stereocenters. The van der Waals surface area contributed by atoms with E-state index in [0.717, 1.165) is 12.1 Å². The molecule has 1 aromatic heterocycles. The second kappa shape index (κ2) is 9.56. The Balaban J connectivity index is 2.14. The number of rotatable bonds is 9. The Morgan fingerprint density at radius 2 is 1.89 bits per heavy atom. The van der Waals surface area contributed by atoms with Gasteiger partial charge >= 0.3 is 0 Å². The first-order valence-electron chi connectivity index (χ1n) is 8.62. The van der Waals surface area contributed by atoms with E-state index in [1.54, 1.807) is 19.1 Å². The van der Waals surface area contributed by atoms with Crippen molar-refractivity contribution < 1.29 is 22.0 Å². The van der Waals surface area contributed by atoms with Crippen LogP contribution < -0.4 is 15.8 Å². The lowest BCUT2D eigenvalue weighted by atomic mass is 10.1. The third-order valence-corrected chi connectivity index (χ3v) is 5.44. The second-order valence-electron chi connectivity index (χ2n) is 6.25. The fourth-order valence-corrected chi connectivity index (χ4v) is 3.77. The molecule has 0 aliphatic heterocycles. The summed E-state index contributed by atoms with van der Waals surface area (Å²) < 4.78 is 53.2. The minimum absolute atomic E-state index is 0.107. The summed E-state index contributed by atoms with van der Waals surface area (Å²) >= 11 is 0. The van der Waals surface area contributed by atoms with Crippen LogP contribution in [0.1, 0.15) is 24.5 Å². The van der Waals surface area contributed by atoms with E-state index >= 15 is 0 Å². The monoisotopic (exact) mass is 412 g/mol. The van der Waals surface area contributed by atoms with E-state index in [0.29, 0.717) is 17.8 Å². The summed E-state index contributed by atoms with van der Waals surface area (Å²) in [6, 6.07) is 5.24. The van der Waals surface area contributed by atoms with Crippen molar-refractivity contribution in [3.05, 3.63) is 59.3 Å². The highest BCUT2D eigenvalue weighted by atomic mass is 32.2. The van der Waals surface area contributed by atoms with Crippen molar-refractivity contribution in [1.82, 2.24) is 15.0 Å². The van der Waals surface area contributed by atoms with E-state index in [9.17, 15) is 22.0 Å². The van der Waals surface area contributed by atoms with Gasteiger partial charge in [-0.1, -0.05) is 19.1 Å². The van der Waals surface area contributed by atoms with E-state index in [1.807, 2.05) is 0 Å². The largest absolute Gasteiger partial charge is 0.384 e. The third-order valence-electron chi connectivity index (χ3n) is 3.85. The Kier molecular flexibility index (Phi) is 7.41. The molecule has 0 unspecified atom stereocenters. The van der Waals surface area contributed by atoms with Crippen LogP contribution in [0.5, 0.6) is 0 Å². The molecule has 28 heavy (non-hydrogen) atoms. The van der Waals surface area contributed by atoms with Crippen molar-refractivity contribution in [3.8, 4) is 0 Å². The molecular formula is C18H22F2N4O3S. The van der Waals surface area contributed by atoms with Crippen LogP contribution in [0.2, 0.25) is 0 Å². The van der Waals surface area contributed by atoms with Gasteiger partial charge in [-0.2, -0.15) is 0 Å². The standard InChI is InChI=1S/C18H22F2N4O3S/c1-2-7-28(26,27)24-16(9-12-3-5-14(19)15(20)8-12)18(25)23-11-13-4-6-17(21)22-10-13/h3-6,8,10,16,24H,2,7,9,11H2,1H3,(H2,21,22)(H,23,25)/t16-/m0/s1. The Morgan fingerprint density at radius 3 is 2.50 bits per heavy atom. The Bertz CT molecular complexity index is 921. The van der Waals surface area contributed by atoms with E-state index in [4.69, 9.17) is 5.73 Å². The van der Waals surface area contributed by atoms with Crippen molar-refractivity contribution >= 4 is 21.7 Å². The van der Waals surface area contributed by atoms with Gasteiger partial charge in [0.05, 0.1) is 5.75 Å². The molecule has 1 amide bonds. The van der Waals surface area contributed by atoms with Crippen LogP contribution in [-0.4, -0.2) is 31.1 Å². The molecule has 2 aromatic rings. The van der Waals surface area contributed by atoms with E-state index in [2.05, 4.69) is 15.0 Å². The molecule has 7 nitrogen and oxygen atoms in total. The summed E-state index contributed by atoms with van der Waals surface area (Å²) in [5, 5.41) is 2.61. The van der Waals surface area contributed by atoms with Crippen LogP contribution >= 0.6 is 0 Å². The van der Waals surface area contributed by atoms with Crippen LogP contribution in [0, 0.1) is 11.6 Å². The number of anilines is 1. The van der Waals surface area contributed by atoms with Crippen molar-refractivity contribution in [2.45, 2.75) is 32.4 Å². The summed E-state index contributed by atoms with van der Waals surface area (Å²) in [4.78, 5) is 16.5. The zero-order valence-corrected chi connectivity index (χ0v) is 16.1. The molecule has 1 aromatic carbocycles. The first kappa shape index (κ1) is 21.7. The van der Waals surface area contributed by atoms with Crippen LogP contribution in [-0.2, 0) is 27.8 Å². The normalized spacial score (nSPS) is 12.5. The van der Waals surface area contributed by atoms with Gasteiger partial charge in [-0.3, -0.25) is 4.79 Å². The first-order valence-corrected chi connectivity index (χ1v) is 10.3. The van der Waals surface area contributed by atoms with Gasteiger partial charge in [0, 0.05) is 12.7 Å². The van der Waals surface area contributed by atoms with Crippen LogP contribution in [0.3, 0.4) is 0 Å². The lowest BCUT2D eigenvalue weighted by Crippen LogP contribution is -2.48. The maximum Gasteiger partial charge on any atom is 0.238 e. The minimum atomic E-state index is -3.71. The summed E-state index contributed by atoms with van der Waals surface area (Å²) in [6.45, 7) is 1.80. The number of nitrogens with two attached hydrogens (primary N) is 1. The number of nitrogen functional groups attached to an aromatic ring is 1. The van der Waals surface area contributed by atoms with Gasteiger partial charge in [0.15, 0.2) is 11.6 Å². The highest BCUT2D eigenvalue weighted by molar-refractivity contribution is 7.89. The van der Waals surface area contributed by atoms with Gasteiger partial charge in [-0.15, -0.1) is 0 Å². The van der Waals surface area contributed by atoms with Crippen molar-refractivity contribution in [2.75, 3.05) is 11.5 Å². The van der Waals surface area contributed by atoms with Crippen molar-refractivity contribution in [3.63, 3.8) is 0 Å². The van der Waals surface area contributed by atoms with E-state index in [1.165, 1.54) is 12.3 Å². The number of pyridine rings is 1. The lowest BCUT2D eigenvalue weighted by Gasteiger charge is -2.19. The van der Waals surface area contributed by atoms with Gasteiger partial charge in [-0.25, -0.2) is 26.9 Å². The molecule has 4 N–H and O–H groups in total. The molecule has 0 saturated heterocycles. The molecule has 1 heterocycles.